The van der Waals surface area contributed by atoms with E-state index < -0.39 is 0 Å². The van der Waals surface area contributed by atoms with Crippen molar-refractivity contribution in [1.29, 1.82) is 5.26 Å². The lowest BCUT2D eigenvalue weighted by Crippen LogP contribution is -2.20. The summed E-state index contributed by atoms with van der Waals surface area (Å²) in [6, 6.07) is 18.6. The van der Waals surface area contributed by atoms with Gasteiger partial charge in [-0.2, -0.15) is 5.26 Å². The number of hydrogen-bond acceptors (Lipinski definition) is 4. The predicted molar refractivity (Wildman–Crippen MR) is 83.3 cm³/mol. The molecule has 0 heterocycles. The van der Waals surface area contributed by atoms with Gasteiger partial charge in [0.05, 0.1) is 11.8 Å². The molecule has 0 saturated carbocycles. The van der Waals surface area contributed by atoms with Crippen LogP contribution in [0.25, 0.3) is 0 Å². The summed E-state index contributed by atoms with van der Waals surface area (Å²) < 4.78 is 5.36. The Balaban J connectivity index is 1.81. The van der Waals surface area contributed by atoms with Gasteiger partial charge in [0.2, 0.25) is 0 Å². The van der Waals surface area contributed by atoms with Crippen LogP contribution in [0.15, 0.2) is 59.5 Å². The average Bonchev–Trinajstić information content (AvgIpc) is 2.53. The van der Waals surface area contributed by atoms with Crippen LogP contribution >= 0.6 is 11.8 Å². The number of carbonyl (C=O) groups excluding carboxylic acids is 1. The summed E-state index contributed by atoms with van der Waals surface area (Å²) in [4.78, 5) is 12.8. The number of thioether (sulfide) groups is 1. The second kappa shape index (κ2) is 7.98. The van der Waals surface area contributed by atoms with Crippen LogP contribution in [0.1, 0.15) is 0 Å². The van der Waals surface area contributed by atoms with Crippen LogP contribution in [0, 0.1) is 11.3 Å². The van der Waals surface area contributed by atoms with Crippen molar-refractivity contribution in [2.45, 2.75) is 4.90 Å². The van der Waals surface area contributed by atoms with Gasteiger partial charge in [-0.15, -0.1) is 11.8 Å². The highest BCUT2D eigenvalue weighted by Crippen LogP contribution is 2.19. The second-order valence-electron chi connectivity index (χ2n) is 4.12. The zero-order valence-corrected chi connectivity index (χ0v) is 12.1. The van der Waals surface area contributed by atoms with Crippen molar-refractivity contribution in [3.63, 3.8) is 0 Å². The maximum Gasteiger partial charge on any atom is 0.262 e. The summed E-state index contributed by atoms with van der Waals surface area (Å²) in [6.45, 7) is -0.0328. The largest absolute Gasteiger partial charge is 0.484 e. The number of anilines is 1. The Morgan fingerprint density at radius 3 is 2.52 bits per heavy atom. The van der Waals surface area contributed by atoms with Crippen LogP contribution in [0.3, 0.4) is 0 Å². The van der Waals surface area contributed by atoms with E-state index in [-0.39, 0.29) is 12.5 Å². The van der Waals surface area contributed by atoms with Crippen LogP contribution in [-0.2, 0) is 4.79 Å². The molecule has 4 nitrogen and oxygen atoms in total. The molecule has 21 heavy (non-hydrogen) atoms. The van der Waals surface area contributed by atoms with Crippen molar-refractivity contribution in [2.24, 2.45) is 0 Å². The standard InChI is InChI=1S/C16H14N2O2S/c17-10-11-21-15-8-6-13(7-9-15)18-16(19)12-20-14-4-2-1-3-5-14/h1-9H,11-12H2,(H,18,19). The molecular weight excluding hydrogens is 284 g/mol. The van der Waals surface area contributed by atoms with E-state index >= 15 is 0 Å². The molecule has 0 aromatic heterocycles. The van der Waals surface area contributed by atoms with Crippen LogP contribution in [0.2, 0.25) is 0 Å². The Morgan fingerprint density at radius 2 is 1.86 bits per heavy atom. The number of nitriles is 1. The zero-order chi connectivity index (χ0) is 14.9. The molecule has 1 N–H and O–H groups in total. The Bertz CT molecular complexity index is 621. The minimum Gasteiger partial charge on any atom is -0.484 e. The molecule has 2 aromatic rings. The predicted octanol–water partition coefficient (Wildman–Crippen LogP) is 3.32. The molecule has 1 amide bonds. The number of rotatable bonds is 6. The van der Waals surface area contributed by atoms with E-state index in [4.69, 9.17) is 10.00 Å². The van der Waals surface area contributed by atoms with E-state index in [1.807, 2.05) is 30.3 Å². The number of para-hydroxylation sites is 1. The molecule has 0 fully saturated rings. The van der Waals surface area contributed by atoms with Crippen molar-refractivity contribution in [1.82, 2.24) is 0 Å². The van der Waals surface area contributed by atoms with Gasteiger partial charge < -0.3 is 10.1 Å². The first-order chi connectivity index (χ1) is 10.3. The molecule has 5 heteroatoms. The Labute approximate surface area is 127 Å². The van der Waals surface area contributed by atoms with E-state index in [9.17, 15) is 4.79 Å². The minimum atomic E-state index is -0.212. The number of nitrogens with zero attached hydrogens (tertiary/aromatic N) is 1. The maximum atomic E-state index is 11.8. The van der Waals surface area contributed by atoms with Gasteiger partial charge in [0, 0.05) is 10.6 Å². The smallest absolute Gasteiger partial charge is 0.262 e. The SMILES string of the molecule is N#CCSc1ccc(NC(=O)COc2ccccc2)cc1. The molecule has 0 atom stereocenters. The van der Waals surface area contributed by atoms with Crippen LogP contribution in [0.4, 0.5) is 5.69 Å². The van der Waals surface area contributed by atoms with Gasteiger partial charge in [0.1, 0.15) is 5.75 Å². The molecular formula is C16H14N2O2S. The van der Waals surface area contributed by atoms with E-state index in [1.54, 1.807) is 24.3 Å². The molecule has 0 radical (unpaired) electrons. The Hall–Kier alpha value is -2.45. The van der Waals surface area contributed by atoms with Gasteiger partial charge in [-0.25, -0.2) is 0 Å². The first-order valence-corrected chi connectivity index (χ1v) is 7.34. The highest BCUT2D eigenvalue weighted by Gasteiger charge is 2.03. The molecule has 0 aliphatic rings. The van der Waals surface area contributed by atoms with Gasteiger partial charge in [0.25, 0.3) is 5.91 Å². The number of ether oxygens (including phenoxy) is 1. The van der Waals surface area contributed by atoms with Gasteiger partial charge in [0.15, 0.2) is 6.61 Å². The fraction of sp³-hybridized carbons (Fsp3) is 0.125. The lowest BCUT2D eigenvalue weighted by Gasteiger charge is -2.07. The Kier molecular flexibility index (Phi) is 5.68. The zero-order valence-electron chi connectivity index (χ0n) is 11.3. The van der Waals surface area contributed by atoms with Gasteiger partial charge in [-0.1, -0.05) is 18.2 Å². The molecule has 0 saturated heterocycles. The summed E-state index contributed by atoms with van der Waals surface area (Å²) in [5.41, 5.74) is 0.706. The van der Waals surface area contributed by atoms with Crippen molar-refractivity contribution in [2.75, 3.05) is 17.7 Å². The molecule has 0 aliphatic heterocycles. The normalized spacial score (nSPS) is 9.67. The quantitative estimate of drug-likeness (QED) is 0.831. The lowest BCUT2D eigenvalue weighted by atomic mass is 10.3. The van der Waals surface area contributed by atoms with Gasteiger partial charge >= 0.3 is 0 Å². The highest BCUT2D eigenvalue weighted by atomic mass is 32.2. The molecule has 106 valence electrons. The van der Waals surface area contributed by atoms with E-state index in [0.29, 0.717) is 17.2 Å². The maximum absolute atomic E-state index is 11.8. The third kappa shape index (κ3) is 5.21. The molecule has 2 rings (SSSR count). The average molecular weight is 298 g/mol. The first-order valence-electron chi connectivity index (χ1n) is 6.35. The third-order valence-corrected chi connectivity index (χ3v) is 3.43. The highest BCUT2D eigenvalue weighted by molar-refractivity contribution is 7.99. The van der Waals surface area contributed by atoms with Crippen LogP contribution in [0.5, 0.6) is 5.75 Å². The van der Waals surface area contributed by atoms with Crippen molar-refractivity contribution < 1.29 is 9.53 Å². The summed E-state index contributed by atoms with van der Waals surface area (Å²) >= 11 is 1.46. The minimum absolute atomic E-state index is 0.0328. The summed E-state index contributed by atoms with van der Waals surface area (Å²) in [6.07, 6.45) is 0. The van der Waals surface area contributed by atoms with Gasteiger partial charge in [-0.3, -0.25) is 4.79 Å². The molecule has 2 aromatic carbocycles. The van der Waals surface area contributed by atoms with E-state index in [2.05, 4.69) is 11.4 Å². The first kappa shape index (κ1) is 14.9. The summed E-state index contributed by atoms with van der Waals surface area (Å²) in [7, 11) is 0. The number of hydrogen-bond donors (Lipinski definition) is 1. The molecule has 0 aliphatic carbocycles. The fourth-order valence-electron chi connectivity index (χ4n) is 1.61. The van der Waals surface area contributed by atoms with Gasteiger partial charge in [-0.05, 0) is 36.4 Å². The molecule has 0 unspecified atom stereocenters. The number of nitrogens with one attached hydrogen (secondary N) is 1. The Morgan fingerprint density at radius 1 is 1.14 bits per heavy atom. The van der Waals surface area contributed by atoms with Crippen LogP contribution < -0.4 is 10.1 Å². The van der Waals surface area contributed by atoms with Crippen molar-refractivity contribution in [3.8, 4) is 11.8 Å². The molecule has 0 bridgehead atoms. The van der Waals surface area contributed by atoms with E-state index in [0.717, 1.165) is 4.90 Å². The second-order valence-corrected chi connectivity index (χ2v) is 5.17. The third-order valence-electron chi connectivity index (χ3n) is 2.55. The lowest BCUT2D eigenvalue weighted by molar-refractivity contribution is -0.118. The summed E-state index contributed by atoms with van der Waals surface area (Å²) in [5.74, 6) is 0.864. The van der Waals surface area contributed by atoms with E-state index in [1.165, 1.54) is 11.8 Å². The van der Waals surface area contributed by atoms with Crippen LogP contribution in [-0.4, -0.2) is 18.3 Å². The number of amides is 1. The number of benzene rings is 2. The molecule has 0 spiro atoms. The van der Waals surface area contributed by atoms with Crippen molar-refractivity contribution >= 4 is 23.4 Å². The number of carbonyl (C=O) groups is 1. The summed E-state index contributed by atoms with van der Waals surface area (Å²) in [5, 5.41) is 11.3. The fourth-order valence-corrected chi connectivity index (χ4v) is 2.17. The topological polar surface area (TPSA) is 62.1 Å². The monoisotopic (exact) mass is 298 g/mol. The van der Waals surface area contributed by atoms with Crippen molar-refractivity contribution in [3.05, 3.63) is 54.6 Å².